The van der Waals surface area contributed by atoms with Crippen LogP contribution in [0.2, 0.25) is 5.02 Å². The molecule has 3 fully saturated rings. The Bertz CT molecular complexity index is 2200. The second-order valence-electron chi connectivity index (χ2n) is 14.5. The van der Waals surface area contributed by atoms with Crippen molar-refractivity contribution in [3.63, 3.8) is 0 Å². The molecule has 0 radical (unpaired) electrons. The molecule has 16 heteroatoms. The molecule has 4 amide bonds. The van der Waals surface area contributed by atoms with E-state index in [0.29, 0.717) is 22.3 Å². The summed E-state index contributed by atoms with van der Waals surface area (Å²) in [5, 5.41) is 34.6. The Kier molecular flexibility index (Phi) is 8.21. The van der Waals surface area contributed by atoms with E-state index in [1.54, 1.807) is 39.0 Å². The fourth-order valence-electron chi connectivity index (χ4n) is 9.13. The number of nitro benzene ring substituents is 2. The number of halogens is 2. The maximum Gasteiger partial charge on any atom is 0.301 e. The number of anilines is 3. The largest absolute Gasteiger partial charge is 0.507 e. The minimum absolute atomic E-state index is 0.0290. The molecule has 2 saturated heterocycles. The van der Waals surface area contributed by atoms with Gasteiger partial charge in [-0.1, -0.05) is 35.4 Å². The summed E-state index contributed by atoms with van der Waals surface area (Å²) in [6.07, 6.45) is 1.82. The van der Waals surface area contributed by atoms with Crippen LogP contribution in [0.1, 0.15) is 42.4 Å². The molecule has 3 aromatic carbocycles. The SMILES string of the molecule is Cc1cc([C@H]2C3=CC[C@@H]4C(=O)N(c5cc([N+](=O)[O-])c(N(C)C)c([N+](=O)[O-])c5)C(=O)[C@@H]4[C@@H]3C[C@H]3C(=O)N(c4ccc(F)c(Cl)c4)C(=O)[C@@]23C)cc(C)c1O. The van der Waals surface area contributed by atoms with Crippen LogP contribution in [0, 0.1) is 69.0 Å². The molecule has 0 aromatic heterocycles. The second kappa shape index (κ2) is 12.2. The third-order valence-corrected chi connectivity index (χ3v) is 11.7. The lowest BCUT2D eigenvalue weighted by Gasteiger charge is -2.49. The second-order valence-corrected chi connectivity index (χ2v) is 14.9. The van der Waals surface area contributed by atoms with Gasteiger partial charge in [-0.3, -0.25) is 39.4 Å². The van der Waals surface area contributed by atoms with E-state index in [9.17, 15) is 48.9 Å². The lowest BCUT2D eigenvalue weighted by molar-refractivity contribution is -0.392. The smallest absolute Gasteiger partial charge is 0.301 e. The van der Waals surface area contributed by atoms with Gasteiger partial charge in [-0.25, -0.2) is 14.2 Å². The molecule has 2 heterocycles. The molecular weight excluding hydrogens is 713 g/mol. The quantitative estimate of drug-likeness (QED) is 0.133. The summed E-state index contributed by atoms with van der Waals surface area (Å²) in [4.78, 5) is 83.3. The Hall–Kier alpha value is -5.70. The van der Waals surface area contributed by atoms with Crippen molar-refractivity contribution in [2.24, 2.45) is 29.1 Å². The Labute approximate surface area is 306 Å². The molecule has 4 aliphatic rings. The summed E-state index contributed by atoms with van der Waals surface area (Å²) >= 11 is 6.07. The Morgan fingerprint density at radius 3 is 2.04 bits per heavy atom. The zero-order valence-corrected chi connectivity index (χ0v) is 29.9. The van der Waals surface area contributed by atoms with Crippen molar-refractivity contribution in [2.75, 3.05) is 28.8 Å². The number of nitro groups is 2. The summed E-state index contributed by atoms with van der Waals surface area (Å²) in [6, 6.07) is 8.90. The zero-order chi connectivity index (χ0) is 38.6. The van der Waals surface area contributed by atoms with E-state index in [1.165, 1.54) is 31.1 Å². The van der Waals surface area contributed by atoms with Crippen LogP contribution in [-0.4, -0.2) is 52.7 Å². The Morgan fingerprint density at radius 1 is 0.887 bits per heavy atom. The van der Waals surface area contributed by atoms with Crippen molar-refractivity contribution >= 4 is 63.7 Å². The van der Waals surface area contributed by atoms with Gasteiger partial charge in [-0.2, -0.15) is 0 Å². The van der Waals surface area contributed by atoms with E-state index >= 15 is 0 Å². The summed E-state index contributed by atoms with van der Waals surface area (Å²) in [6.45, 7) is 5.07. The third kappa shape index (κ3) is 5.04. The highest BCUT2D eigenvalue weighted by Gasteiger charge is 2.67. The van der Waals surface area contributed by atoms with Gasteiger partial charge in [0.05, 0.1) is 49.4 Å². The molecule has 2 aliphatic heterocycles. The number of allylic oxidation sites excluding steroid dienone is 2. The van der Waals surface area contributed by atoms with Gasteiger partial charge in [-0.05, 0) is 74.4 Å². The van der Waals surface area contributed by atoms with Crippen LogP contribution in [-0.2, 0) is 19.2 Å². The van der Waals surface area contributed by atoms with Gasteiger partial charge in [0, 0.05) is 32.1 Å². The van der Waals surface area contributed by atoms with Gasteiger partial charge in [0.1, 0.15) is 11.6 Å². The minimum Gasteiger partial charge on any atom is -0.507 e. The first-order valence-corrected chi connectivity index (χ1v) is 17.1. The van der Waals surface area contributed by atoms with Crippen LogP contribution in [0.15, 0.2) is 54.1 Å². The van der Waals surface area contributed by atoms with Crippen molar-refractivity contribution in [1.29, 1.82) is 0 Å². The molecule has 0 bridgehead atoms. The first-order valence-electron chi connectivity index (χ1n) is 16.8. The molecule has 53 heavy (non-hydrogen) atoms. The summed E-state index contributed by atoms with van der Waals surface area (Å²) in [5.41, 5.74) is -1.09. The molecule has 1 N–H and O–H groups in total. The predicted octanol–water partition coefficient (Wildman–Crippen LogP) is 6.12. The topological polar surface area (TPSA) is 185 Å². The van der Waals surface area contributed by atoms with Crippen LogP contribution in [0.3, 0.4) is 0 Å². The van der Waals surface area contributed by atoms with Crippen LogP contribution >= 0.6 is 11.6 Å². The minimum atomic E-state index is -1.43. The number of nitrogens with zero attached hydrogens (tertiary/aromatic N) is 5. The number of imide groups is 2. The Morgan fingerprint density at radius 2 is 1.49 bits per heavy atom. The number of aryl methyl sites for hydroxylation is 2. The molecule has 1 saturated carbocycles. The van der Waals surface area contributed by atoms with E-state index in [-0.39, 0.29) is 40.7 Å². The molecule has 7 rings (SSSR count). The number of phenolic OH excluding ortho intramolecular Hbond substituents is 1. The van der Waals surface area contributed by atoms with Crippen molar-refractivity contribution in [3.05, 3.63) is 102 Å². The maximum absolute atomic E-state index is 14.6. The number of hydrogen-bond donors (Lipinski definition) is 1. The predicted molar refractivity (Wildman–Crippen MR) is 190 cm³/mol. The highest BCUT2D eigenvalue weighted by atomic mass is 35.5. The number of benzene rings is 3. The highest BCUT2D eigenvalue weighted by molar-refractivity contribution is 6.32. The standard InChI is InChI=1S/C37H33ClFN5O9/c1-16-10-18(11-17(2)32(16)45)30-21-7-8-22-29(23(21)15-24-34(47)42(36(49)37(24,30)3)19-6-9-26(39)25(38)12-19)35(48)41(33(22)46)20-13-27(43(50)51)31(40(4)5)28(14-20)44(52)53/h6-7,9-14,22-24,29-30,45H,8,15H2,1-5H3/t22-,23+,24-,29-,30-,37+/m0/s1. The maximum atomic E-state index is 14.6. The van der Waals surface area contributed by atoms with Gasteiger partial charge in [0.15, 0.2) is 5.69 Å². The van der Waals surface area contributed by atoms with Crippen LogP contribution < -0.4 is 14.7 Å². The van der Waals surface area contributed by atoms with E-state index in [4.69, 9.17) is 11.6 Å². The van der Waals surface area contributed by atoms with Crippen molar-refractivity contribution in [1.82, 2.24) is 0 Å². The van der Waals surface area contributed by atoms with E-state index in [0.717, 1.165) is 28.0 Å². The average molecular weight is 746 g/mol. The number of carbonyl (C=O) groups excluding carboxylic acids is 4. The first kappa shape index (κ1) is 35.7. The summed E-state index contributed by atoms with van der Waals surface area (Å²) < 4.78 is 14.2. The van der Waals surface area contributed by atoms with Crippen molar-refractivity contribution in [3.8, 4) is 5.75 Å². The van der Waals surface area contributed by atoms with Crippen molar-refractivity contribution in [2.45, 2.75) is 39.5 Å². The van der Waals surface area contributed by atoms with Gasteiger partial charge in [0.2, 0.25) is 23.6 Å². The fraction of sp³-hybridized carbons (Fsp3) is 0.351. The zero-order valence-electron chi connectivity index (χ0n) is 29.1. The highest BCUT2D eigenvalue weighted by Crippen LogP contribution is 2.64. The van der Waals surface area contributed by atoms with Crippen LogP contribution in [0.25, 0.3) is 0 Å². The molecule has 274 valence electrons. The molecule has 6 atom stereocenters. The average Bonchev–Trinajstić information content (AvgIpc) is 3.46. The molecule has 0 spiro atoms. The molecular formula is C37H33ClFN5O9. The number of carbonyl (C=O) groups is 4. The lowest BCUT2D eigenvalue weighted by atomic mass is 9.51. The van der Waals surface area contributed by atoms with E-state index < -0.39 is 85.7 Å². The van der Waals surface area contributed by atoms with Crippen molar-refractivity contribution < 1.29 is 38.5 Å². The number of aromatic hydroxyl groups is 1. The third-order valence-electron chi connectivity index (χ3n) is 11.4. The summed E-state index contributed by atoms with van der Waals surface area (Å²) in [5.74, 6) is -7.95. The van der Waals surface area contributed by atoms with Crippen LogP contribution in [0.5, 0.6) is 5.75 Å². The fourth-order valence-corrected chi connectivity index (χ4v) is 9.31. The number of hydrogen-bond acceptors (Lipinski definition) is 10. The Balaban J connectivity index is 1.38. The monoisotopic (exact) mass is 745 g/mol. The number of phenols is 1. The normalized spacial score (nSPS) is 26.3. The number of amides is 4. The van der Waals surface area contributed by atoms with Gasteiger partial charge >= 0.3 is 11.4 Å². The molecule has 3 aromatic rings. The first-order chi connectivity index (χ1) is 24.9. The molecule has 0 unspecified atom stereocenters. The molecule has 14 nitrogen and oxygen atoms in total. The summed E-state index contributed by atoms with van der Waals surface area (Å²) in [7, 11) is 2.79. The van der Waals surface area contributed by atoms with E-state index in [2.05, 4.69) is 0 Å². The molecule has 2 aliphatic carbocycles. The number of fused-ring (bicyclic) bond motifs is 4. The van der Waals surface area contributed by atoms with E-state index in [1.807, 2.05) is 0 Å². The van der Waals surface area contributed by atoms with Gasteiger partial charge in [0.25, 0.3) is 0 Å². The van der Waals surface area contributed by atoms with Gasteiger partial charge < -0.3 is 10.0 Å². The van der Waals surface area contributed by atoms with Gasteiger partial charge in [-0.15, -0.1) is 0 Å². The number of rotatable bonds is 6. The van der Waals surface area contributed by atoms with Crippen LogP contribution in [0.4, 0.5) is 32.8 Å². The lowest BCUT2D eigenvalue weighted by Crippen LogP contribution is -2.49.